The van der Waals surface area contributed by atoms with Crippen molar-refractivity contribution >= 4 is 23.5 Å². The van der Waals surface area contributed by atoms with E-state index in [1.807, 2.05) is 0 Å². The molecule has 80 valence electrons. The number of hydrogen-bond acceptors (Lipinski definition) is 3. The van der Waals surface area contributed by atoms with Gasteiger partial charge in [0.1, 0.15) is 5.60 Å². The lowest BCUT2D eigenvalue weighted by Crippen LogP contribution is -2.32. The number of carbonyl (C=O) groups excluding carboxylic acids is 1. The van der Waals surface area contributed by atoms with Gasteiger partial charge in [-0.2, -0.15) is 0 Å². The number of halogens is 1. The van der Waals surface area contributed by atoms with E-state index in [1.165, 1.54) is 0 Å². The van der Waals surface area contributed by atoms with E-state index in [4.69, 9.17) is 21.4 Å². The van der Waals surface area contributed by atoms with Crippen LogP contribution in [0.5, 0.6) is 0 Å². The Labute approximate surface area is 87.2 Å². The molecule has 0 heterocycles. The summed E-state index contributed by atoms with van der Waals surface area (Å²) in [5.41, 5.74) is -0.634. The number of aliphatic carboxylic acids is 1. The van der Waals surface area contributed by atoms with E-state index in [1.54, 1.807) is 20.8 Å². The summed E-state index contributed by atoms with van der Waals surface area (Å²) in [4.78, 5) is 20.7. The van der Waals surface area contributed by atoms with Crippen molar-refractivity contribution in [3.63, 3.8) is 0 Å². The fraction of sp³-hybridized carbons (Fsp3) is 0.778. The van der Waals surface area contributed by atoms with Crippen LogP contribution in [0.3, 0.4) is 0 Å². The molecule has 0 saturated heterocycles. The fourth-order valence-corrected chi connectivity index (χ4v) is 1.40. The number of carboxylic acid groups (broad SMARTS) is 1. The number of rotatable bonds is 2. The molecule has 14 heavy (non-hydrogen) atoms. The molecule has 1 fully saturated rings. The molecule has 0 radical (unpaired) electrons. The SMILES string of the molecule is CC(C)(C)OC(=O)C1(Cl)CC1C(=O)O. The third-order valence-electron chi connectivity index (χ3n) is 1.93. The fourth-order valence-electron chi connectivity index (χ4n) is 1.11. The molecular weight excluding hydrogens is 208 g/mol. The lowest BCUT2D eigenvalue weighted by Gasteiger charge is -2.21. The minimum Gasteiger partial charge on any atom is -0.481 e. The van der Waals surface area contributed by atoms with Crippen LogP contribution in [0.1, 0.15) is 27.2 Å². The molecule has 0 aromatic rings. The molecule has 2 atom stereocenters. The van der Waals surface area contributed by atoms with Crippen molar-refractivity contribution in [2.24, 2.45) is 5.92 Å². The number of hydrogen-bond donors (Lipinski definition) is 1. The van der Waals surface area contributed by atoms with Gasteiger partial charge < -0.3 is 9.84 Å². The van der Waals surface area contributed by atoms with E-state index < -0.39 is 28.3 Å². The maximum atomic E-state index is 11.4. The highest BCUT2D eigenvalue weighted by atomic mass is 35.5. The average Bonchev–Trinajstić information content (AvgIpc) is 2.60. The van der Waals surface area contributed by atoms with Gasteiger partial charge in [-0.15, -0.1) is 11.6 Å². The zero-order valence-electron chi connectivity index (χ0n) is 8.33. The molecule has 2 unspecified atom stereocenters. The summed E-state index contributed by atoms with van der Waals surface area (Å²) in [6.45, 7) is 5.13. The summed E-state index contributed by atoms with van der Waals surface area (Å²) in [6, 6.07) is 0. The van der Waals surface area contributed by atoms with E-state index in [0.29, 0.717) is 0 Å². The molecule has 1 rings (SSSR count). The van der Waals surface area contributed by atoms with Crippen LogP contribution in [-0.2, 0) is 14.3 Å². The quantitative estimate of drug-likeness (QED) is 0.565. The second-order valence-electron chi connectivity index (χ2n) is 4.46. The standard InChI is InChI=1S/C9H13ClO4/c1-8(2,3)14-7(13)9(10)4-5(9)6(11)12/h5H,4H2,1-3H3,(H,11,12). The van der Waals surface area contributed by atoms with Crippen LogP contribution >= 0.6 is 11.6 Å². The zero-order chi connectivity index (χ0) is 11.1. The van der Waals surface area contributed by atoms with Gasteiger partial charge in [0.15, 0.2) is 4.87 Å². The summed E-state index contributed by atoms with van der Waals surface area (Å²) in [6.07, 6.45) is 0.152. The average molecular weight is 221 g/mol. The van der Waals surface area contributed by atoms with E-state index in [9.17, 15) is 9.59 Å². The Bertz CT molecular complexity index is 281. The van der Waals surface area contributed by atoms with E-state index in [-0.39, 0.29) is 6.42 Å². The van der Waals surface area contributed by atoms with Crippen molar-refractivity contribution in [1.29, 1.82) is 0 Å². The monoisotopic (exact) mass is 220 g/mol. The highest BCUT2D eigenvalue weighted by Crippen LogP contribution is 2.51. The minimum absolute atomic E-state index is 0.152. The highest BCUT2D eigenvalue weighted by Gasteiger charge is 2.65. The van der Waals surface area contributed by atoms with E-state index >= 15 is 0 Å². The lowest BCUT2D eigenvalue weighted by molar-refractivity contribution is -0.157. The molecule has 1 aliphatic rings. The van der Waals surface area contributed by atoms with Crippen molar-refractivity contribution in [2.75, 3.05) is 0 Å². The topological polar surface area (TPSA) is 63.6 Å². The van der Waals surface area contributed by atoms with E-state index in [2.05, 4.69) is 0 Å². The smallest absolute Gasteiger partial charge is 0.328 e. The summed E-state index contributed by atoms with van der Waals surface area (Å²) < 4.78 is 5.01. The molecule has 4 nitrogen and oxygen atoms in total. The largest absolute Gasteiger partial charge is 0.481 e. The molecule has 1 aliphatic carbocycles. The van der Waals surface area contributed by atoms with Gasteiger partial charge in [0.2, 0.25) is 0 Å². The van der Waals surface area contributed by atoms with Crippen LogP contribution in [0.2, 0.25) is 0 Å². The third kappa shape index (κ3) is 2.18. The number of alkyl halides is 1. The van der Waals surface area contributed by atoms with Gasteiger partial charge in [-0.3, -0.25) is 9.59 Å². The van der Waals surface area contributed by atoms with Gasteiger partial charge in [0.05, 0.1) is 5.92 Å². The highest BCUT2D eigenvalue weighted by molar-refractivity contribution is 6.38. The number of ether oxygens (including phenoxy) is 1. The molecule has 0 aromatic carbocycles. The number of carbonyl (C=O) groups is 2. The van der Waals surface area contributed by atoms with Crippen LogP contribution in [-0.4, -0.2) is 27.5 Å². The minimum atomic E-state index is -1.33. The van der Waals surface area contributed by atoms with Crippen LogP contribution in [0.25, 0.3) is 0 Å². The predicted octanol–water partition coefficient (Wildman–Crippen LogP) is 1.41. The predicted molar refractivity (Wildman–Crippen MR) is 50.2 cm³/mol. The Morgan fingerprint density at radius 2 is 2.00 bits per heavy atom. The van der Waals surface area contributed by atoms with Crippen molar-refractivity contribution in [1.82, 2.24) is 0 Å². The van der Waals surface area contributed by atoms with Gasteiger partial charge in [-0.1, -0.05) is 0 Å². The van der Waals surface area contributed by atoms with Crippen LogP contribution < -0.4 is 0 Å². The van der Waals surface area contributed by atoms with Gasteiger partial charge >= 0.3 is 11.9 Å². The third-order valence-corrected chi connectivity index (χ3v) is 2.50. The van der Waals surface area contributed by atoms with Gasteiger partial charge in [-0.05, 0) is 27.2 Å². The molecule has 0 aromatic heterocycles. The van der Waals surface area contributed by atoms with Gasteiger partial charge in [0, 0.05) is 0 Å². The van der Waals surface area contributed by atoms with Crippen molar-refractivity contribution in [3.8, 4) is 0 Å². The van der Waals surface area contributed by atoms with Crippen molar-refractivity contribution in [3.05, 3.63) is 0 Å². The molecule has 0 aliphatic heterocycles. The normalized spacial score (nSPS) is 31.0. The Morgan fingerprint density at radius 3 is 2.29 bits per heavy atom. The van der Waals surface area contributed by atoms with Crippen LogP contribution in [0, 0.1) is 5.92 Å². The Kier molecular flexibility index (Phi) is 2.52. The number of esters is 1. The van der Waals surface area contributed by atoms with Gasteiger partial charge in [0.25, 0.3) is 0 Å². The molecule has 0 amide bonds. The van der Waals surface area contributed by atoms with E-state index in [0.717, 1.165) is 0 Å². The Hall–Kier alpha value is -0.770. The first kappa shape index (κ1) is 11.3. The molecular formula is C9H13ClO4. The Balaban J connectivity index is 2.61. The molecule has 0 bridgehead atoms. The summed E-state index contributed by atoms with van der Waals surface area (Å²) in [5, 5.41) is 8.64. The first-order valence-corrected chi connectivity index (χ1v) is 4.70. The maximum absolute atomic E-state index is 11.4. The van der Waals surface area contributed by atoms with Crippen LogP contribution in [0.4, 0.5) is 0 Å². The molecule has 1 N–H and O–H groups in total. The first-order chi connectivity index (χ1) is 6.17. The molecule has 0 spiro atoms. The second kappa shape index (κ2) is 3.12. The van der Waals surface area contributed by atoms with Crippen molar-refractivity contribution in [2.45, 2.75) is 37.7 Å². The molecule has 1 saturated carbocycles. The molecule has 5 heteroatoms. The first-order valence-electron chi connectivity index (χ1n) is 4.32. The lowest BCUT2D eigenvalue weighted by atomic mass is 10.2. The zero-order valence-corrected chi connectivity index (χ0v) is 9.09. The van der Waals surface area contributed by atoms with Crippen LogP contribution in [0.15, 0.2) is 0 Å². The summed E-state index contributed by atoms with van der Waals surface area (Å²) >= 11 is 5.81. The van der Waals surface area contributed by atoms with Crippen molar-refractivity contribution < 1.29 is 19.4 Å². The Morgan fingerprint density at radius 1 is 1.50 bits per heavy atom. The summed E-state index contributed by atoms with van der Waals surface area (Å²) in [7, 11) is 0. The second-order valence-corrected chi connectivity index (χ2v) is 5.13. The van der Waals surface area contributed by atoms with Gasteiger partial charge in [-0.25, -0.2) is 0 Å². The summed E-state index contributed by atoms with van der Waals surface area (Å²) in [5.74, 6) is -2.50. The number of carboxylic acids is 1. The maximum Gasteiger partial charge on any atom is 0.328 e.